The molecule has 1 aromatic rings. The third kappa shape index (κ3) is 1.64. The van der Waals surface area contributed by atoms with E-state index in [1.165, 1.54) is 12.8 Å². The van der Waals surface area contributed by atoms with Gasteiger partial charge in [0.1, 0.15) is 0 Å². The molecule has 4 nitrogen and oxygen atoms in total. The SMILES string of the molecule is O=C(O)c1ocnc1C1CCCCC1. The summed E-state index contributed by atoms with van der Waals surface area (Å²) in [5.41, 5.74) is 0.636. The van der Waals surface area contributed by atoms with E-state index in [1.807, 2.05) is 0 Å². The lowest BCUT2D eigenvalue weighted by atomic mass is 9.86. The number of hydrogen-bond donors (Lipinski definition) is 1. The lowest BCUT2D eigenvalue weighted by molar-refractivity contribution is 0.0659. The number of nitrogens with zero attached hydrogens (tertiary/aromatic N) is 1. The van der Waals surface area contributed by atoms with Crippen LogP contribution in [0.3, 0.4) is 0 Å². The van der Waals surface area contributed by atoms with Crippen LogP contribution in [0.4, 0.5) is 0 Å². The Morgan fingerprint density at radius 1 is 1.43 bits per heavy atom. The molecule has 0 spiro atoms. The summed E-state index contributed by atoms with van der Waals surface area (Å²) in [4.78, 5) is 14.8. The van der Waals surface area contributed by atoms with Crippen LogP contribution in [0.15, 0.2) is 10.8 Å². The van der Waals surface area contributed by atoms with Crippen LogP contribution in [0.2, 0.25) is 0 Å². The van der Waals surface area contributed by atoms with Crippen molar-refractivity contribution in [1.82, 2.24) is 4.98 Å². The second-order valence-electron chi connectivity index (χ2n) is 3.71. The first-order valence-corrected chi connectivity index (χ1v) is 4.95. The van der Waals surface area contributed by atoms with E-state index in [0.717, 1.165) is 25.7 Å². The highest BCUT2D eigenvalue weighted by Gasteiger charge is 2.25. The molecule has 14 heavy (non-hydrogen) atoms. The molecule has 1 aromatic heterocycles. The summed E-state index contributed by atoms with van der Waals surface area (Å²) < 4.78 is 4.87. The number of carbonyl (C=O) groups is 1. The second-order valence-corrected chi connectivity index (χ2v) is 3.71. The normalized spacial score (nSPS) is 18.3. The molecule has 0 saturated heterocycles. The monoisotopic (exact) mass is 195 g/mol. The highest BCUT2D eigenvalue weighted by molar-refractivity contribution is 5.85. The van der Waals surface area contributed by atoms with E-state index < -0.39 is 5.97 Å². The molecule has 0 bridgehead atoms. The molecule has 4 heteroatoms. The van der Waals surface area contributed by atoms with Gasteiger partial charge in [-0.2, -0.15) is 0 Å². The molecule has 0 unspecified atom stereocenters. The van der Waals surface area contributed by atoms with Crippen LogP contribution in [0.25, 0.3) is 0 Å². The minimum Gasteiger partial charge on any atom is -0.475 e. The van der Waals surface area contributed by atoms with Gasteiger partial charge in [0.25, 0.3) is 0 Å². The van der Waals surface area contributed by atoms with Crippen molar-refractivity contribution in [2.75, 3.05) is 0 Å². The van der Waals surface area contributed by atoms with Gasteiger partial charge >= 0.3 is 5.97 Å². The summed E-state index contributed by atoms with van der Waals surface area (Å²) in [5.74, 6) is -0.700. The Kier molecular flexibility index (Phi) is 2.52. The lowest BCUT2D eigenvalue weighted by Gasteiger charge is -2.19. The standard InChI is InChI=1S/C10H13NO3/c12-10(13)9-8(11-6-14-9)7-4-2-1-3-5-7/h6-7H,1-5H2,(H,12,13). The fourth-order valence-corrected chi connectivity index (χ4v) is 2.08. The van der Waals surface area contributed by atoms with Crippen molar-refractivity contribution in [2.45, 2.75) is 38.0 Å². The molecule has 1 fully saturated rings. The quantitative estimate of drug-likeness (QED) is 0.787. The van der Waals surface area contributed by atoms with Crippen molar-refractivity contribution < 1.29 is 14.3 Å². The average Bonchev–Trinajstić information content (AvgIpc) is 2.67. The van der Waals surface area contributed by atoms with Crippen LogP contribution in [0, 0.1) is 0 Å². The van der Waals surface area contributed by atoms with E-state index in [0.29, 0.717) is 5.69 Å². The van der Waals surface area contributed by atoms with E-state index in [9.17, 15) is 4.79 Å². The zero-order valence-corrected chi connectivity index (χ0v) is 7.90. The molecule has 1 aliphatic rings. The van der Waals surface area contributed by atoms with Crippen LogP contribution in [-0.2, 0) is 0 Å². The minimum atomic E-state index is -1.01. The topological polar surface area (TPSA) is 63.3 Å². The Bertz CT molecular complexity index is 326. The number of hydrogen-bond acceptors (Lipinski definition) is 3. The zero-order chi connectivity index (χ0) is 9.97. The highest BCUT2D eigenvalue weighted by atomic mass is 16.4. The highest BCUT2D eigenvalue weighted by Crippen LogP contribution is 2.33. The van der Waals surface area contributed by atoms with Gasteiger partial charge in [-0.25, -0.2) is 9.78 Å². The van der Waals surface area contributed by atoms with Crippen LogP contribution in [0.1, 0.15) is 54.3 Å². The van der Waals surface area contributed by atoms with E-state index in [-0.39, 0.29) is 11.7 Å². The first-order chi connectivity index (χ1) is 6.79. The van der Waals surface area contributed by atoms with E-state index in [2.05, 4.69) is 4.98 Å². The molecule has 2 rings (SSSR count). The minimum absolute atomic E-state index is 0.0249. The molecule has 76 valence electrons. The van der Waals surface area contributed by atoms with Gasteiger partial charge in [0.05, 0.1) is 5.69 Å². The second kappa shape index (κ2) is 3.82. The molecular formula is C10H13NO3. The maximum Gasteiger partial charge on any atom is 0.373 e. The van der Waals surface area contributed by atoms with Gasteiger partial charge in [0.2, 0.25) is 5.76 Å². The van der Waals surface area contributed by atoms with E-state index in [4.69, 9.17) is 9.52 Å². The smallest absolute Gasteiger partial charge is 0.373 e. The molecule has 1 heterocycles. The maximum atomic E-state index is 10.8. The molecule has 1 N–H and O–H groups in total. The number of carboxylic acid groups (broad SMARTS) is 1. The largest absolute Gasteiger partial charge is 0.475 e. The molecule has 0 amide bonds. The molecule has 1 aliphatic carbocycles. The van der Waals surface area contributed by atoms with Crippen LogP contribution < -0.4 is 0 Å². The van der Waals surface area contributed by atoms with Crippen molar-refractivity contribution in [3.63, 3.8) is 0 Å². The number of rotatable bonds is 2. The van der Waals surface area contributed by atoms with Crippen molar-refractivity contribution in [3.05, 3.63) is 17.8 Å². The van der Waals surface area contributed by atoms with Gasteiger partial charge in [-0.15, -0.1) is 0 Å². The first-order valence-electron chi connectivity index (χ1n) is 4.95. The van der Waals surface area contributed by atoms with Gasteiger partial charge in [0.15, 0.2) is 6.39 Å². The number of oxazole rings is 1. The first kappa shape index (κ1) is 9.24. The van der Waals surface area contributed by atoms with Gasteiger partial charge in [0, 0.05) is 5.92 Å². The fraction of sp³-hybridized carbons (Fsp3) is 0.600. The van der Waals surface area contributed by atoms with Crippen molar-refractivity contribution >= 4 is 5.97 Å². The number of aromatic carboxylic acids is 1. The third-order valence-electron chi connectivity index (χ3n) is 2.78. The molecule has 0 atom stereocenters. The maximum absolute atomic E-state index is 10.8. The Morgan fingerprint density at radius 2 is 2.14 bits per heavy atom. The summed E-state index contributed by atoms with van der Waals surface area (Å²) >= 11 is 0. The molecule has 1 saturated carbocycles. The van der Waals surface area contributed by atoms with Crippen molar-refractivity contribution in [1.29, 1.82) is 0 Å². The van der Waals surface area contributed by atoms with Gasteiger partial charge in [-0.3, -0.25) is 0 Å². The number of carboxylic acids is 1. The predicted octanol–water partition coefficient (Wildman–Crippen LogP) is 2.42. The summed E-state index contributed by atoms with van der Waals surface area (Å²) in [6, 6.07) is 0. The Labute approximate surface area is 81.9 Å². The van der Waals surface area contributed by atoms with Crippen LogP contribution >= 0.6 is 0 Å². The average molecular weight is 195 g/mol. The van der Waals surface area contributed by atoms with Crippen LogP contribution in [-0.4, -0.2) is 16.1 Å². The summed E-state index contributed by atoms with van der Waals surface area (Å²) in [5, 5.41) is 8.85. The summed E-state index contributed by atoms with van der Waals surface area (Å²) in [7, 11) is 0. The summed E-state index contributed by atoms with van der Waals surface area (Å²) in [6.07, 6.45) is 6.87. The summed E-state index contributed by atoms with van der Waals surface area (Å²) in [6.45, 7) is 0. The van der Waals surface area contributed by atoms with E-state index >= 15 is 0 Å². The van der Waals surface area contributed by atoms with Gasteiger partial charge in [-0.1, -0.05) is 19.3 Å². The molecule has 0 aromatic carbocycles. The Balaban J connectivity index is 2.21. The number of aromatic nitrogens is 1. The van der Waals surface area contributed by atoms with Crippen molar-refractivity contribution in [3.8, 4) is 0 Å². The van der Waals surface area contributed by atoms with Crippen LogP contribution in [0.5, 0.6) is 0 Å². The zero-order valence-electron chi connectivity index (χ0n) is 7.90. The third-order valence-corrected chi connectivity index (χ3v) is 2.78. The molecule has 0 radical (unpaired) electrons. The Morgan fingerprint density at radius 3 is 2.79 bits per heavy atom. The fourth-order valence-electron chi connectivity index (χ4n) is 2.08. The van der Waals surface area contributed by atoms with Gasteiger partial charge in [-0.05, 0) is 12.8 Å². The predicted molar refractivity (Wildman–Crippen MR) is 49.3 cm³/mol. The van der Waals surface area contributed by atoms with Crippen molar-refractivity contribution in [2.24, 2.45) is 0 Å². The van der Waals surface area contributed by atoms with E-state index in [1.54, 1.807) is 0 Å². The van der Waals surface area contributed by atoms with Gasteiger partial charge < -0.3 is 9.52 Å². The lowest BCUT2D eigenvalue weighted by Crippen LogP contribution is -2.09. The molecular weight excluding hydrogens is 182 g/mol. The Hall–Kier alpha value is -1.32. The molecule has 0 aliphatic heterocycles.